The number of benzene rings is 2. The summed E-state index contributed by atoms with van der Waals surface area (Å²) in [5.74, 6) is 2.06. The van der Waals surface area contributed by atoms with E-state index in [1.807, 2.05) is 36.4 Å². The summed E-state index contributed by atoms with van der Waals surface area (Å²) < 4.78 is 11.1. The molecule has 0 atom stereocenters. The maximum atomic E-state index is 5.92. The molecule has 0 saturated carbocycles. The molecule has 2 N–H and O–H groups in total. The molecule has 0 aliphatic rings. The molecule has 0 bridgehead atoms. The van der Waals surface area contributed by atoms with E-state index in [-0.39, 0.29) is 0 Å². The smallest absolute Gasteiger partial charge is 0.141 e. The molecule has 0 fully saturated rings. The average molecular weight is 271 g/mol. The molecule has 0 saturated heterocycles. The standard InChI is InChI=1S/C17H21NO2/c1-12(2)14-6-4-5-7-16(14)20-11-13-8-9-17(19-3)15(18)10-13/h4-10,12H,11,18H2,1-3H3. The summed E-state index contributed by atoms with van der Waals surface area (Å²) in [6.45, 7) is 4.82. The van der Waals surface area contributed by atoms with Gasteiger partial charge in [0.1, 0.15) is 18.1 Å². The molecule has 0 unspecified atom stereocenters. The predicted octanol–water partition coefficient (Wildman–Crippen LogP) is 3.98. The topological polar surface area (TPSA) is 44.5 Å². The third-order valence-corrected chi connectivity index (χ3v) is 3.23. The molecule has 20 heavy (non-hydrogen) atoms. The van der Waals surface area contributed by atoms with Crippen LogP contribution in [0.25, 0.3) is 0 Å². The molecule has 0 heterocycles. The van der Waals surface area contributed by atoms with Gasteiger partial charge in [-0.25, -0.2) is 0 Å². The van der Waals surface area contributed by atoms with E-state index in [1.54, 1.807) is 7.11 Å². The van der Waals surface area contributed by atoms with Gasteiger partial charge in [-0.2, -0.15) is 0 Å². The zero-order chi connectivity index (χ0) is 14.5. The quantitative estimate of drug-likeness (QED) is 0.836. The van der Waals surface area contributed by atoms with Crippen molar-refractivity contribution in [2.45, 2.75) is 26.4 Å². The molecule has 2 aromatic carbocycles. The van der Waals surface area contributed by atoms with E-state index in [9.17, 15) is 0 Å². The summed E-state index contributed by atoms with van der Waals surface area (Å²) in [7, 11) is 1.61. The highest BCUT2D eigenvalue weighted by Crippen LogP contribution is 2.27. The van der Waals surface area contributed by atoms with Crippen LogP contribution in [-0.2, 0) is 6.61 Å². The van der Waals surface area contributed by atoms with Crippen LogP contribution in [0.2, 0.25) is 0 Å². The number of ether oxygens (including phenoxy) is 2. The summed E-state index contributed by atoms with van der Waals surface area (Å²) in [6.07, 6.45) is 0. The second-order valence-corrected chi connectivity index (χ2v) is 5.06. The summed E-state index contributed by atoms with van der Waals surface area (Å²) in [5, 5.41) is 0. The van der Waals surface area contributed by atoms with E-state index in [0.29, 0.717) is 24.0 Å². The van der Waals surface area contributed by atoms with Gasteiger partial charge in [-0.1, -0.05) is 38.1 Å². The minimum Gasteiger partial charge on any atom is -0.495 e. The maximum absolute atomic E-state index is 5.92. The van der Waals surface area contributed by atoms with Gasteiger partial charge in [-0.3, -0.25) is 0 Å². The van der Waals surface area contributed by atoms with Gasteiger partial charge in [0, 0.05) is 0 Å². The molecular formula is C17H21NO2. The lowest BCUT2D eigenvalue weighted by Gasteiger charge is -2.14. The van der Waals surface area contributed by atoms with Crippen LogP contribution < -0.4 is 15.2 Å². The minimum absolute atomic E-state index is 0.437. The highest BCUT2D eigenvalue weighted by atomic mass is 16.5. The van der Waals surface area contributed by atoms with Crippen LogP contribution in [-0.4, -0.2) is 7.11 Å². The van der Waals surface area contributed by atoms with E-state index in [4.69, 9.17) is 15.2 Å². The Morgan fingerprint density at radius 2 is 1.80 bits per heavy atom. The van der Waals surface area contributed by atoms with Crippen molar-refractivity contribution in [1.29, 1.82) is 0 Å². The Morgan fingerprint density at radius 1 is 1.05 bits per heavy atom. The van der Waals surface area contributed by atoms with Crippen molar-refractivity contribution >= 4 is 5.69 Å². The van der Waals surface area contributed by atoms with Gasteiger partial charge in [0.2, 0.25) is 0 Å². The average Bonchev–Trinajstić information content (AvgIpc) is 2.45. The fourth-order valence-corrected chi connectivity index (χ4v) is 2.12. The van der Waals surface area contributed by atoms with E-state index in [2.05, 4.69) is 19.9 Å². The van der Waals surface area contributed by atoms with Gasteiger partial charge in [-0.05, 0) is 35.2 Å². The van der Waals surface area contributed by atoms with Gasteiger partial charge in [-0.15, -0.1) is 0 Å². The van der Waals surface area contributed by atoms with Crippen LogP contribution in [0, 0.1) is 0 Å². The zero-order valence-electron chi connectivity index (χ0n) is 12.2. The summed E-state index contributed by atoms with van der Waals surface area (Å²) in [6, 6.07) is 13.8. The van der Waals surface area contributed by atoms with Crippen LogP contribution >= 0.6 is 0 Å². The van der Waals surface area contributed by atoms with Gasteiger partial charge in [0.25, 0.3) is 0 Å². The number of nitrogen functional groups attached to an aromatic ring is 1. The van der Waals surface area contributed by atoms with Crippen molar-refractivity contribution in [2.24, 2.45) is 0 Å². The third kappa shape index (κ3) is 3.23. The van der Waals surface area contributed by atoms with E-state index < -0.39 is 0 Å². The van der Waals surface area contributed by atoms with Crippen molar-refractivity contribution in [3.05, 3.63) is 53.6 Å². The predicted molar refractivity (Wildman–Crippen MR) is 82.3 cm³/mol. The molecule has 2 aromatic rings. The molecule has 0 spiro atoms. The van der Waals surface area contributed by atoms with Gasteiger partial charge in [0.05, 0.1) is 12.8 Å². The first kappa shape index (κ1) is 14.3. The minimum atomic E-state index is 0.437. The largest absolute Gasteiger partial charge is 0.495 e. The molecule has 0 aliphatic carbocycles. The molecule has 3 heteroatoms. The molecule has 106 valence electrons. The first-order valence-corrected chi connectivity index (χ1v) is 6.76. The number of hydrogen-bond donors (Lipinski definition) is 1. The molecule has 0 aromatic heterocycles. The first-order chi connectivity index (χ1) is 9.61. The highest BCUT2D eigenvalue weighted by Gasteiger charge is 2.07. The Hall–Kier alpha value is -2.16. The Kier molecular flexibility index (Phi) is 4.51. The lowest BCUT2D eigenvalue weighted by molar-refractivity contribution is 0.301. The Morgan fingerprint density at radius 3 is 2.45 bits per heavy atom. The fraction of sp³-hybridized carbons (Fsp3) is 0.294. The number of para-hydroxylation sites is 1. The maximum Gasteiger partial charge on any atom is 0.141 e. The first-order valence-electron chi connectivity index (χ1n) is 6.76. The number of nitrogens with two attached hydrogens (primary N) is 1. The fourth-order valence-electron chi connectivity index (χ4n) is 2.12. The van der Waals surface area contributed by atoms with E-state index >= 15 is 0 Å². The monoisotopic (exact) mass is 271 g/mol. The van der Waals surface area contributed by atoms with Crippen LogP contribution in [0.15, 0.2) is 42.5 Å². The Bertz CT molecular complexity index is 579. The Labute approximate surface area is 120 Å². The van der Waals surface area contributed by atoms with Crippen molar-refractivity contribution in [1.82, 2.24) is 0 Å². The number of rotatable bonds is 5. The van der Waals surface area contributed by atoms with Crippen LogP contribution in [0.5, 0.6) is 11.5 Å². The number of hydrogen-bond acceptors (Lipinski definition) is 3. The summed E-state index contributed by atoms with van der Waals surface area (Å²) in [5.41, 5.74) is 8.77. The summed E-state index contributed by atoms with van der Waals surface area (Å²) >= 11 is 0. The normalized spacial score (nSPS) is 10.6. The second kappa shape index (κ2) is 6.33. The van der Waals surface area contributed by atoms with Gasteiger partial charge < -0.3 is 15.2 Å². The summed E-state index contributed by atoms with van der Waals surface area (Å²) in [4.78, 5) is 0. The second-order valence-electron chi connectivity index (χ2n) is 5.06. The molecule has 0 radical (unpaired) electrons. The van der Waals surface area contributed by atoms with E-state index in [0.717, 1.165) is 11.3 Å². The molecule has 3 nitrogen and oxygen atoms in total. The van der Waals surface area contributed by atoms with Crippen molar-refractivity contribution < 1.29 is 9.47 Å². The van der Waals surface area contributed by atoms with E-state index in [1.165, 1.54) is 5.56 Å². The molecule has 2 rings (SSSR count). The Balaban J connectivity index is 2.11. The van der Waals surface area contributed by atoms with Crippen molar-refractivity contribution in [3.63, 3.8) is 0 Å². The van der Waals surface area contributed by atoms with Crippen LogP contribution in [0.4, 0.5) is 5.69 Å². The highest BCUT2D eigenvalue weighted by molar-refractivity contribution is 5.54. The molecule has 0 aliphatic heterocycles. The van der Waals surface area contributed by atoms with Crippen molar-refractivity contribution in [3.8, 4) is 11.5 Å². The lowest BCUT2D eigenvalue weighted by Crippen LogP contribution is -2.01. The number of methoxy groups -OCH3 is 1. The van der Waals surface area contributed by atoms with Crippen molar-refractivity contribution in [2.75, 3.05) is 12.8 Å². The van der Waals surface area contributed by atoms with Gasteiger partial charge >= 0.3 is 0 Å². The zero-order valence-corrected chi connectivity index (χ0v) is 12.2. The molecule has 0 amide bonds. The third-order valence-electron chi connectivity index (χ3n) is 3.23. The van der Waals surface area contributed by atoms with Gasteiger partial charge in [0.15, 0.2) is 0 Å². The SMILES string of the molecule is COc1ccc(COc2ccccc2C(C)C)cc1N. The van der Waals surface area contributed by atoms with Crippen LogP contribution in [0.1, 0.15) is 30.9 Å². The lowest BCUT2D eigenvalue weighted by atomic mass is 10.0. The van der Waals surface area contributed by atoms with Crippen LogP contribution in [0.3, 0.4) is 0 Å². The number of anilines is 1. The molecular weight excluding hydrogens is 250 g/mol.